The van der Waals surface area contributed by atoms with Crippen LogP contribution in [-0.4, -0.2) is 47.0 Å². The average Bonchev–Trinajstić information content (AvgIpc) is 3.20. The summed E-state index contributed by atoms with van der Waals surface area (Å²) < 4.78 is 4.55. The molecule has 1 saturated heterocycles. The lowest BCUT2D eigenvalue weighted by molar-refractivity contribution is 0.261. The fourth-order valence-corrected chi connectivity index (χ4v) is 4.37. The summed E-state index contributed by atoms with van der Waals surface area (Å²) in [4.78, 5) is 9.58. The highest BCUT2D eigenvalue weighted by molar-refractivity contribution is 7.09. The quantitative estimate of drug-likeness (QED) is 0.555. The second kappa shape index (κ2) is 8.78. The Balaban J connectivity index is 1.30. The summed E-state index contributed by atoms with van der Waals surface area (Å²) in [5, 5.41) is 2.26. The van der Waals surface area contributed by atoms with Gasteiger partial charge < -0.3 is 4.90 Å². The number of nitrogens with zero attached hydrogens (tertiary/aromatic N) is 4. The van der Waals surface area contributed by atoms with Gasteiger partial charge in [-0.05, 0) is 31.0 Å². The minimum Gasteiger partial charge on any atom is -0.344 e. The Bertz CT molecular complexity index is 934. The van der Waals surface area contributed by atoms with Crippen LogP contribution in [-0.2, 0) is 6.42 Å². The van der Waals surface area contributed by atoms with Gasteiger partial charge in [0.1, 0.15) is 0 Å². The van der Waals surface area contributed by atoms with Gasteiger partial charge in [0.15, 0.2) is 5.82 Å². The van der Waals surface area contributed by atoms with E-state index < -0.39 is 0 Å². The third kappa shape index (κ3) is 4.66. The molecule has 28 heavy (non-hydrogen) atoms. The van der Waals surface area contributed by atoms with Gasteiger partial charge in [0, 0.05) is 49.8 Å². The van der Waals surface area contributed by atoms with Crippen molar-refractivity contribution in [2.24, 2.45) is 0 Å². The Kier molecular flexibility index (Phi) is 6.16. The maximum atomic E-state index is 6.11. The summed E-state index contributed by atoms with van der Waals surface area (Å²) in [7, 11) is 0. The Morgan fingerprint density at radius 1 is 0.964 bits per heavy atom. The number of hydrogen-bond donors (Lipinski definition) is 0. The lowest BCUT2D eigenvalue weighted by atomic mass is 10.1. The van der Waals surface area contributed by atoms with Crippen molar-refractivity contribution >= 4 is 39.9 Å². The van der Waals surface area contributed by atoms with E-state index in [9.17, 15) is 0 Å². The standard InChI is InChI=1S/C21H22Cl2N4S/c1-15-2-5-17(6-3-15)20-24-21(28-25-20)27-12-10-26(11-13-27)9-8-16-4-7-18(22)19(23)14-16/h2-7,14H,8-13H2,1H3. The monoisotopic (exact) mass is 432 g/mol. The summed E-state index contributed by atoms with van der Waals surface area (Å²) >= 11 is 13.6. The van der Waals surface area contributed by atoms with Gasteiger partial charge >= 0.3 is 0 Å². The second-order valence-corrected chi connectivity index (χ2v) is 8.64. The van der Waals surface area contributed by atoms with Crippen LogP contribution in [0.5, 0.6) is 0 Å². The molecule has 0 saturated carbocycles. The number of anilines is 1. The van der Waals surface area contributed by atoms with Crippen molar-refractivity contribution in [1.29, 1.82) is 0 Å². The second-order valence-electron chi connectivity index (χ2n) is 7.09. The normalized spacial score (nSPS) is 15.2. The molecule has 0 radical (unpaired) electrons. The number of aromatic nitrogens is 2. The molecule has 1 aromatic heterocycles. The number of piperazine rings is 1. The zero-order valence-corrected chi connectivity index (χ0v) is 18.1. The van der Waals surface area contributed by atoms with Gasteiger partial charge in [-0.25, -0.2) is 0 Å². The maximum Gasteiger partial charge on any atom is 0.205 e. The van der Waals surface area contributed by atoms with Gasteiger partial charge in [0.25, 0.3) is 0 Å². The van der Waals surface area contributed by atoms with Crippen LogP contribution in [0.25, 0.3) is 11.4 Å². The summed E-state index contributed by atoms with van der Waals surface area (Å²) in [6.45, 7) is 7.12. The van der Waals surface area contributed by atoms with E-state index in [0.717, 1.165) is 55.7 Å². The van der Waals surface area contributed by atoms with Crippen LogP contribution in [0.1, 0.15) is 11.1 Å². The van der Waals surface area contributed by atoms with E-state index in [-0.39, 0.29) is 0 Å². The fraction of sp³-hybridized carbons (Fsp3) is 0.333. The number of aryl methyl sites for hydroxylation is 1. The first-order valence-electron chi connectivity index (χ1n) is 9.40. The first kappa shape index (κ1) is 19.6. The Labute approximate surface area is 179 Å². The fourth-order valence-electron chi connectivity index (χ4n) is 3.31. The van der Waals surface area contributed by atoms with Gasteiger partial charge in [-0.1, -0.05) is 59.1 Å². The van der Waals surface area contributed by atoms with Gasteiger partial charge in [-0.15, -0.1) is 0 Å². The van der Waals surface area contributed by atoms with Gasteiger partial charge in [-0.3, -0.25) is 4.90 Å². The van der Waals surface area contributed by atoms with E-state index in [1.54, 1.807) is 0 Å². The molecule has 0 spiro atoms. The molecule has 2 aromatic carbocycles. The van der Waals surface area contributed by atoms with Crippen molar-refractivity contribution in [3.8, 4) is 11.4 Å². The molecule has 4 rings (SSSR count). The third-order valence-corrected chi connectivity index (χ3v) is 6.58. The van der Waals surface area contributed by atoms with E-state index in [0.29, 0.717) is 10.0 Å². The van der Waals surface area contributed by atoms with Crippen molar-refractivity contribution in [2.75, 3.05) is 37.6 Å². The molecule has 146 valence electrons. The first-order valence-corrected chi connectivity index (χ1v) is 10.9. The molecule has 4 nitrogen and oxygen atoms in total. The van der Waals surface area contributed by atoms with Crippen LogP contribution in [0.4, 0.5) is 5.13 Å². The molecule has 0 atom stereocenters. The zero-order valence-electron chi connectivity index (χ0n) is 15.7. The zero-order chi connectivity index (χ0) is 19.5. The van der Waals surface area contributed by atoms with Crippen LogP contribution in [0.2, 0.25) is 10.0 Å². The molecule has 1 aliphatic rings. The van der Waals surface area contributed by atoms with E-state index in [4.69, 9.17) is 28.2 Å². The SMILES string of the molecule is Cc1ccc(-c2nsc(N3CCN(CCc4ccc(Cl)c(Cl)c4)CC3)n2)cc1. The summed E-state index contributed by atoms with van der Waals surface area (Å²) in [5.41, 5.74) is 3.55. The van der Waals surface area contributed by atoms with Gasteiger partial charge in [0.2, 0.25) is 5.13 Å². The molecule has 7 heteroatoms. The van der Waals surface area contributed by atoms with Crippen LogP contribution in [0, 0.1) is 6.92 Å². The van der Waals surface area contributed by atoms with Crippen molar-refractivity contribution in [3.05, 3.63) is 63.6 Å². The van der Waals surface area contributed by atoms with Gasteiger partial charge in [0.05, 0.1) is 10.0 Å². The number of halogens is 2. The van der Waals surface area contributed by atoms with Crippen molar-refractivity contribution in [3.63, 3.8) is 0 Å². The molecule has 1 fully saturated rings. The maximum absolute atomic E-state index is 6.11. The highest BCUT2D eigenvalue weighted by atomic mass is 35.5. The molecular formula is C21H22Cl2N4S. The lowest BCUT2D eigenvalue weighted by Crippen LogP contribution is -2.47. The molecule has 0 N–H and O–H groups in total. The van der Waals surface area contributed by atoms with Crippen LogP contribution in [0.15, 0.2) is 42.5 Å². The highest BCUT2D eigenvalue weighted by Gasteiger charge is 2.20. The number of benzene rings is 2. The van der Waals surface area contributed by atoms with E-state index >= 15 is 0 Å². The topological polar surface area (TPSA) is 32.3 Å². The predicted octanol–water partition coefficient (Wildman–Crippen LogP) is 5.19. The minimum atomic E-state index is 0.612. The molecule has 2 heterocycles. The van der Waals surface area contributed by atoms with E-state index in [1.807, 2.05) is 12.1 Å². The predicted molar refractivity (Wildman–Crippen MR) is 119 cm³/mol. The van der Waals surface area contributed by atoms with E-state index in [2.05, 4.69) is 51.4 Å². The molecular weight excluding hydrogens is 411 g/mol. The Morgan fingerprint density at radius 3 is 2.43 bits per heavy atom. The van der Waals surface area contributed by atoms with Crippen molar-refractivity contribution in [2.45, 2.75) is 13.3 Å². The Hall–Kier alpha value is -1.66. The lowest BCUT2D eigenvalue weighted by Gasteiger charge is -2.34. The number of rotatable bonds is 5. The summed E-state index contributed by atoms with van der Waals surface area (Å²) in [5.74, 6) is 0.821. The summed E-state index contributed by atoms with van der Waals surface area (Å²) in [6, 6.07) is 14.3. The average molecular weight is 433 g/mol. The van der Waals surface area contributed by atoms with Gasteiger partial charge in [-0.2, -0.15) is 9.36 Å². The highest BCUT2D eigenvalue weighted by Crippen LogP contribution is 2.26. The molecule has 0 amide bonds. The van der Waals surface area contributed by atoms with Crippen LogP contribution < -0.4 is 4.90 Å². The Morgan fingerprint density at radius 2 is 1.71 bits per heavy atom. The molecule has 3 aromatic rings. The van der Waals surface area contributed by atoms with Crippen LogP contribution >= 0.6 is 34.7 Å². The van der Waals surface area contributed by atoms with Crippen LogP contribution in [0.3, 0.4) is 0 Å². The minimum absolute atomic E-state index is 0.612. The smallest absolute Gasteiger partial charge is 0.205 e. The van der Waals surface area contributed by atoms with E-state index in [1.165, 1.54) is 22.7 Å². The molecule has 0 unspecified atom stereocenters. The molecule has 0 bridgehead atoms. The van der Waals surface area contributed by atoms with Crippen molar-refractivity contribution in [1.82, 2.24) is 14.3 Å². The number of hydrogen-bond acceptors (Lipinski definition) is 5. The largest absolute Gasteiger partial charge is 0.344 e. The first-order chi connectivity index (χ1) is 13.6. The molecule has 1 aliphatic heterocycles. The van der Waals surface area contributed by atoms with Crippen molar-refractivity contribution < 1.29 is 0 Å². The third-order valence-electron chi connectivity index (χ3n) is 5.07. The molecule has 0 aliphatic carbocycles. The summed E-state index contributed by atoms with van der Waals surface area (Å²) in [6.07, 6.45) is 0.979.